The van der Waals surface area contributed by atoms with Gasteiger partial charge in [-0.3, -0.25) is 4.55 Å². The van der Waals surface area contributed by atoms with E-state index >= 15 is 0 Å². The summed E-state index contributed by atoms with van der Waals surface area (Å²) in [6, 6.07) is 12.0. The van der Waals surface area contributed by atoms with Gasteiger partial charge in [0, 0.05) is 6.54 Å². The molecule has 0 fully saturated rings. The zero-order chi connectivity index (χ0) is 18.0. The van der Waals surface area contributed by atoms with Crippen molar-refractivity contribution in [1.82, 2.24) is 0 Å². The molecule has 0 spiro atoms. The first-order valence-corrected chi connectivity index (χ1v) is 10.2. The lowest BCUT2D eigenvalue weighted by atomic mass is 10.0. The molecule has 1 aliphatic rings. The van der Waals surface area contributed by atoms with Gasteiger partial charge >= 0.3 is 0 Å². The maximum atomic E-state index is 11.1. The monoisotopic (exact) mass is 361 g/mol. The van der Waals surface area contributed by atoms with E-state index in [0.717, 1.165) is 46.8 Å². The summed E-state index contributed by atoms with van der Waals surface area (Å²) in [6.45, 7) is 4.66. The van der Waals surface area contributed by atoms with Crippen LogP contribution in [-0.2, 0) is 23.0 Å². The fraction of sp³-hybridized carbons (Fsp3) is 0.368. The van der Waals surface area contributed by atoms with Crippen molar-refractivity contribution in [1.29, 1.82) is 0 Å². The fourth-order valence-corrected chi connectivity index (χ4v) is 3.78. The number of anilines is 2. The topological polar surface area (TPSA) is 66.8 Å². The van der Waals surface area contributed by atoms with Gasteiger partial charge in [-0.1, -0.05) is 38.1 Å². The molecule has 0 atom stereocenters. The minimum Gasteiger partial charge on any atom is -0.453 e. The maximum absolute atomic E-state index is 11.1. The number of para-hydroxylation sites is 2. The van der Waals surface area contributed by atoms with Crippen molar-refractivity contribution in [2.75, 3.05) is 17.2 Å². The maximum Gasteiger partial charge on any atom is 0.264 e. The first-order chi connectivity index (χ1) is 11.9. The third-order valence-electron chi connectivity index (χ3n) is 4.48. The van der Waals surface area contributed by atoms with Crippen molar-refractivity contribution >= 4 is 21.5 Å². The summed E-state index contributed by atoms with van der Waals surface area (Å²) in [7, 11) is -3.97. The van der Waals surface area contributed by atoms with Gasteiger partial charge in [0.15, 0.2) is 11.5 Å². The van der Waals surface area contributed by atoms with Gasteiger partial charge in [-0.25, -0.2) is 0 Å². The summed E-state index contributed by atoms with van der Waals surface area (Å²) < 4.78 is 37.5. The van der Waals surface area contributed by atoms with E-state index in [0.29, 0.717) is 13.0 Å². The van der Waals surface area contributed by atoms with Crippen molar-refractivity contribution in [2.24, 2.45) is 0 Å². The van der Waals surface area contributed by atoms with Crippen molar-refractivity contribution in [3.05, 3.63) is 47.5 Å². The largest absolute Gasteiger partial charge is 0.453 e. The quantitative estimate of drug-likeness (QED) is 0.776. The fourth-order valence-electron chi connectivity index (χ4n) is 3.29. The zero-order valence-corrected chi connectivity index (χ0v) is 15.3. The van der Waals surface area contributed by atoms with Gasteiger partial charge in [-0.2, -0.15) is 8.42 Å². The number of benzene rings is 2. The molecule has 0 aromatic heterocycles. The second kappa shape index (κ2) is 7.06. The van der Waals surface area contributed by atoms with Gasteiger partial charge in [0.1, 0.15) is 0 Å². The second-order valence-corrected chi connectivity index (χ2v) is 7.70. The molecule has 2 aromatic rings. The molecule has 25 heavy (non-hydrogen) atoms. The standard InChI is InChI=1S/C19H23NO4S/c1-3-14-8-6-11-17-18(14)20(12-7-13-25(21,22)23)16-10-5-9-15(4-2)19(16)24-17/h5-6,8-11H,3-4,7,12-13H2,1-2H3,(H,21,22,23). The van der Waals surface area contributed by atoms with E-state index in [1.165, 1.54) is 0 Å². The molecule has 5 nitrogen and oxygen atoms in total. The first kappa shape index (κ1) is 17.8. The van der Waals surface area contributed by atoms with Crippen LogP contribution in [0.15, 0.2) is 36.4 Å². The SMILES string of the molecule is CCc1cccc2c1Oc1cccc(CC)c1N2CCCS(=O)(=O)O. The van der Waals surface area contributed by atoms with Crippen molar-refractivity contribution in [3.8, 4) is 11.5 Å². The molecule has 1 heterocycles. The van der Waals surface area contributed by atoms with E-state index in [1.807, 2.05) is 30.3 Å². The average molecular weight is 361 g/mol. The highest BCUT2D eigenvalue weighted by Crippen LogP contribution is 2.49. The Morgan fingerprint density at radius 3 is 2.40 bits per heavy atom. The number of nitrogens with zero attached hydrogens (tertiary/aromatic N) is 1. The number of fused-ring (bicyclic) bond motifs is 2. The molecule has 1 aliphatic heterocycles. The van der Waals surface area contributed by atoms with Gasteiger partial charge in [0.25, 0.3) is 10.1 Å². The Morgan fingerprint density at radius 2 is 1.72 bits per heavy atom. The predicted octanol–water partition coefficient (Wildman–Crippen LogP) is 4.33. The minimum atomic E-state index is -3.97. The highest BCUT2D eigenvalue weighted by Gasteiger charge is 2.27. The van der Waals surface area contributed by atoms with Crippen LogP contribution in [0.3, 0.4) is 0 Å². The van der Waals surface area contributed by atoms with Crippen LogP contribution in [0.4, 0.5) is 11.4 Å². The van der Waals surface area contributed by atoms with E-state index in [9.17, 15) is 8.42 Å². The first-order valence-electron chi connectivity index (χ1n) is 8.59. The molecule has 6 heteroatoms. The smallest absolute Gasteiger partial charge is 0.264 e. The molecule has 0 radical (unpaired) electrons. The summed E-state index contributed by atoms with van der Waals surface area (Å²) in [5.74, 6) is 1.37. The van der Waals surface area contributed by atoms with Crippen LogP contribution in [0.2, 0.25) is 0 Å². The van der Waals surface area contributed by atoms with E-state index in [4.69, 9.17) is 9.29 Å². The molecular formula is C19H23NO4S. The summed E-state index contributed by atoms with van der Waals surface area (Å²) in [5.41, 5.74) is 4.20. The average Bonchev–Trinajstić information content (AvgIpc) is 2.59. The van der Waals surface area contributed by atoms with Gasteiger partial charge in [-0.05, 0) is 42.5 Å². The Hall–Kier alpha value is -2.05. The van der Waals surface area contributed by atoms with E-state index in [-0.39, 0.29) is 5.75 Å². The van der Waals surface area contributed by atoms with Crippen LogP contribution in [0.1, 0.15) is 31.4 Å². The Bertz CT molecular complexity index is 877. The van der Waals surface area contributed by atoms with E-state index in [1.54, 1.807) is 0 Å². The van der Waals surface area contributed by atoms with Crippen molar-refractivity contribution < 1.29 is 17.7 Å². The molecule has 2 aromatic carbocycles. The summed E-state index contributed by atoms with van der Waals surface area (Å²) in [6.07, 6.45) is 2.04. The molecule has 134 valence electrons. The number of ether oxygens (including phenoxy) is 1. The van der Waals surface area contributed by atoms with Gasteiger partial charge < -0.3 is 9.64 Å². The Labute approximate surface area is 149 Å². The molecule has 0 saturated heterocycles. The highest BCUT2D eigenvalue weighted by atomic mass is 32.2. The third kappa shape index (κ3) is 3.65. The lowest BCUT2D eigenvalue weighted by Crippen LogP contribution is -2.25. The van der Waals surface area contributed by atoms with Gasteiger partial charge in [-0.15, -0.1) is 0 Å². The summed E-state index contributed by atoms with van der Waals surface area (Å²) in [4.78, 5) is 2.12. The number of aryl methyl sites for hydroxylation is 2. The predicted molar refractivity (Wildman–Crippen MR) is 99.8 cm³/mol. The number of hydrogen-bond donors (Lipinski definition) is 1. The molecule has 1 N–H and O–H groups in total. The van der Waals surface area contributed by atoms with E-state index in [2.05, 4.69) is 24.8 Å². The van der Waals surface area contributed by atoms with Crippen molar-refractivity contribution in [3.63, 3.8) is 0 Å². The Morgan fingerprint density at radius 1 is 1.04 bits per heavy atom. The van der Waals surface area contributed by atoms with Crippen LogP contribution < -0.4 is 9.64 Å². The number of rotatable bonds is 6. The highest BCUT2D eigenvalue weighted by molar-refractivity contribution is 7.85. The molecular weight excluding hydrogens is 338 g/mol. The normalized spacial score (nSPS) is 13.2. The zero-order valence-electron chi connectivity index (χ0n) is 14.5. The van der Waals surface area contributed by atoms with Crippen LogP contribution in [-0.4, -0.2) is 25.3 Å². The molecule has 0 bridgehead atoms. The second-order valence-electron chi connectivity index (χ2n) is 6.13. The molecule has 3 rings (SSSR count). The summed E-state index contributed by atoms with van der Waals surface area (Å²) >= 11 is 0. The van der Waals surface area contributed by atoms with Gasteiger partial charge in [0.05, 0.1) is 17.1 Å². The van der Waals surface area contributed by atoms with Crippen LogP contribution in [0, 0.1) is 0 Å². The third-order valence-corrected chi connectivity index (χ3v) is 5.28. The molecule has 0 saturated carbocycles. The van der Waals surface area contributed by atoms with Gasteiger partial charge in [0.2, 0.25) is 0 Å². The van der Waals surface area contributed by atoms with E-state index < -0.39 is 10.1 Å². The lowest BCUT2D eigenvalue weighted by Gasteiger charge is -2.35. The minimum absolute atomic E-state index is 0.253. The molecule has 0 aliphatic carbocycles. The Balaban J connectivity index is 2.06. The molecule has 0 amide bonds. The Kier molecular flexibility index (Phi) is 5.01. The summed E-state index contributed by atoms with van der Waals surface area (Å²) in [5, 5.41) is 0. The van der Waals surface area contributed by atoms with Crippen molar-refractivity contribution in [2.45, 2.75) is 33.1 Å². The molecule has 0 unspecified atom stereocenters. The number of hydrogen-bond acceptors (Lipinski definition) is 4. The van der Waals surface area contributed by atoms with Crippen LogP contribution >= 0.6 is 0 Å². The lowest BCUT2D eigenvalue weighted by molar-refractivity contribution is 0.465. The van der Waals surface area contributed by atoms with Crippen LogP contribution in [0.5, 0.6) is 11.5 Å². The van der Waals surface area contributed by atoms with Crippen LogP contribution in [0.25, 0.3) is 0 Å².